The van der Waals surface area contributed by atoms with E-state index in [0.717, 1.165) is 27.3 Å². The SMILES string of the molecule is Cc1cc(C)cc(NC(=O)[C@H]2c3ccccc3C(=O)N(CC(C)C)[C@@H]2c2cccs2)c1. The number of amides is 2. The Balaban J connectivity index is 1.82. The van der Waals surface area contributed by atoms with Gasteiger partial charge in [-0.25, -0.2) is 0 Å². The van der Waals surface area contributed by atoms with Crippen LogP contribution in [0.5, 0.6) is 0 Å². The Kier molecular flexibility index (Phi) is 5.96. The molecule has 0 aliphatic carbocycles. The van der Waals surface area contributed by atoms with Crippen molar-refractivity contribution >= 4 is 28.8 Å². The van der Waals surface area contributed by atoms with Gasteiger partial charge in [0.25, 0.3) is 5.91 Å². The second-order valence-electron chi connectivity index (χ2n) is 8.74. The number of hydrogen-bond acceptors (Lipinski definition) is 3. The van der Waals surface area contributed by atoms with Crippen LogP contribution >= 0.6 is 11.3 Å². The van der Waals surface area contributed by atoms with Gasteiger partial charge in [0.2, 0.25) is 5.91 Å². The van der Waals surface area contributed by atoms with Crippen molar-refractivity contribution in [3.63, 3.8) is 0 Å². The van der Waals surface area contributed by atoms with Crippen molar-refractivity contribution in [2.75, 3.05) is 11.9 Å². The molecule has 1 aliphatic rings. The van der Waals surface area contributed by atoms with Crippen LogP contribution in [0.4, 0.5) is 5.69 Å². The summed E-state index contributed by atoms with van der Waals surface area (Å²) in [6, 6.07) is 17.3. The third-order valence-corrected chi connectivity index (χ3v) is 6.55. The van der Waals surface area contributed by atoms with E-state index in [9.17, 15) is 9.59 Å². The van der Waals surface area contributed by atoms with Gasteiger partial charge in [0.05, 0.1) is 12.0 Å². The molecule has 0 radical (unpaired) electrons. The highest BCUT2D eigenvalue weighted by Crippen LogP contribution is 2.45. The van der Waals surface area contributed by atoms with Crippen molar-refractivity contribution in [3.05, 3.63) is 87.1 Å². The first-order chi connectivity index (χ1) is 14.8. The van der Waals surface area contributed by atoms with Crippen LogP contribution in [0.2, 0.25) is 0 Å². The predicted molar refractivity (Wildman–Crippen MR) is 127 cm³/mol. The highest BCUT2D eigenvalue weighted by molar-refractivity contribution is 7.10. The van der Waals surface area contributed by atoms with Crippen LogP contribution in [0.15, 0.2) is 60.0 Å². The minimum absolute atomic E-state index is 0.00171. The van der Waals surface area contributed by atoms with Gasteiger partial charge in [0, 0.05) is 22.7 Å². The maximum absolute atomic E-state index is 13.8. The molecular weight excluding hydrogens is 404 g/mol. The lowest BCUT2D eigenvalue weighted by molar-refractivity contribution is -0.119. The second-order valence-corrected chi connectivity index (χ2v) is 9.72. The van der Waals surface area contributed by atoms with Crippen molar-refractivity contribution in [1.29, 1.82) is 0 Å². The monoisotopic (exact) mass is 432 g/mol. The molecule has 3 aromatic rings. The van der Waals surface area contributed by atoms with E-state index in [2.05, 4.69) is 25.2 Å². The molecule has 2 amide bonds. The summed E-state index contributed by atoms with van der Waals surface area (Å²) < 4.78 is 0. The number of aryl methyl sites for hydroxylation is 2. The van der Waals surface area contributed by atoms with Crippen molar-refractivity contribution in [3.8, 4) is 0 Å². The zero-order valence-electron chi connectivity index (χ0n) is 18.4. The van der Waals surface area contributed by atoms with Gasteiger partial charge in [-0.05, 0) is 66.1 Å². The second kappa shape index (κ2) is 8.67. The summed E-state index contributed by atoms with van der Waals surface area (Å²) in [5, 5.41) is 5.15. The van der Waals surface area contributed by atoms with E-state index in [0.29, 0.717) is 18.0 Å². The van der Waals surface area contributed by atoms with Gasteiger partial charge in [0.1, 0.15) is 0 Å². The Bertz CT molecular complexity index is 1080. The molecule has 160 valence electrons. The highest BCUT2D eigenvalue weighted by Gasteiger charge is 2.44. The number of anilines is 1. The Morgan fingerprint density at radius 1 is 1.06 bits per heavy atom. The Hall–Kier alpha value is -2.92. The molecule has 1 aromatic heterocycles. The number of benzene rings is 2. The first kappa shape index (κ1) is 21.3. The molecule has 5 heteroatoms. The molecule has 0 saturated heterocycles. The van der Waals surface area contributed by atoms with Gasteiger partial charge in [-0.2, -0.15) is 0 Å². The van der Waals surface area contributed by atoms with E-state index in [1.165, 1.54) is 0 Å². The maximum atomic E-state index is 13.8. The van der Waals surface area contributed by atoms with Gasteiger partial charge in [-0.1, -0.05) is 44.2 Å². The van der Waals surface area contributed by atoms with Gasteiger partial charge >= 0.3 is 0 Å². The fourth-order valence-corrected chi connectivity index (χ4v) is 5.39. The smallest absolute Gasteiger partial charge is 0.254 e. The van der Waals surface area contributed by atoms with E-state index in [1.54, 1.807) is 11.3 Å². The number of carbonyl (C=O) groups is 2. The van der Waals surface area contributed by atoms with Crippen LogP contribution in [0.3, 0.4) is 0 Å². The lowest BCUT2D eigenvalue weighted by Crippen LogP contribution is -2.47. The molecule has 0 unspecified atom stereocenters. The van der Waals surface area contributed by atoms with Crippen LogP contribution in [-0.4, -0.2) is 23.3 Å². The third-order valence-electron chi connectivity index (χ3n) is 5.61. The molecule has 2 atom stereocenters. The molecule has 31 heavy (non-hydrogen) atoms. The van der Waals surface area contributed by atoms with E-state index in [4.69, 9.17) is 0 Å². The van der Waals surface area contributed by atoms with Gasteiger partial charge in [-0.3, -0.25) is 9.59 Å². The Labute approximate surface area is 187 Å². The fourth-order valence-electron chi connectivity index (χ4n) is 4.51. The Morgan fingerprint density at radius 2 is 1.77 bits per heavy atom. The summed E-state index contributed by atoms with van der Waals surface area (Å²) in [5.74, 6) is -0.276. The molecular formula is C26H28N2O2S. The Morgan fingerprint density at radius 3 is 2.42 bits per heavy atom. The summed E-state index contributed by atoms with van der Waals surface area (Å²) >= 11 is 1.60. The lowest BCUT2D eigenvalue weighted by atomic mass is 9.81. The predicted octanol–water partition coefficient (Wildman–Crippen LogP) is 5.94. The summed E-state index contributed by atoms with van der Waals surface area (Å²) in [6.45, 7) is 8.85. The summed E-state index contributed by atoms with van der Waals surface area (Å²) in [7, 11) is 0. The summed E-state index contributed by atoms with van der Waals surface area (Å²) in [6.07, 6.45) is 0. The van der Waals surface area contributed by atoms with Gasteiger partial charge in [-0.15, -0.1) is 11.3 Å². The first-order valence-electron chi connectivity index (χ1n) is 10.7. The molecule has 4 nitrogen and oxygen atoms in total. The molecule has 0 fully saturated rings. The number of thiophene rings is 1. The zero-order chi connectivity index (χ0) is 22.1. The standard InChI is InChI=1S/C26H28N2O2S/c1-16(2)15-28-24(22-10-7-11-31-22)23(20-8-5-6-9-21(20)26(28)30)25(29)27-19-13-17(3)12-18(4)14-19/h5-14,16,23-24H,15H2,1-4H3,(H,27,29)/t23-,24+/m0/s1. The number of nitrogens with one attached hydrogen (secondary N) is 1. The lowest BCUT2D eigenvalue weighted by Gasteiger charge is -2.42. The quantitative estimate of drug-likeness (QED) is 0.542. The average Bonchev–Trinajstić information content (AvgIpc) is 3.23. The molecule has 1 aliphatic heterocycles. The van der Waals surface area contributed by atoms with Crippen LogP contribution in [0.1, 0.15) is 57.7 Å². The molecule has 2 aromatic carbocycles. The summed E-state index contributed by atoms with van der Waals surface area (Å²) in [5.41, 5.74) is 4.41. The zero-order valence-corrected chi connectivity index (χ0v) is 19.2. The maximum Gasteiger partial charge on any atom is 0.254 e. The molecule has 0 saturated carbocycles. The van der Waals surface area contributed by atoms with E-state index < -0.39 is 5.92 Å². The van der Waals surface area contributed by atoms with Crippen molar-refractivity contribution in [2.24, 2.45) is 5.92 Å². The fraction of sp³-hybridized carbons (Fsp3) is 0.308. The molecule has 0 spiro atoms. The number of rotatable bonds is 5. The van der Waals surface area contributed by atoms with Crippen LogP contribution in [-0.2, 0) is 4.79 Å². The third kappa shape index (κ3) is 4.28. The van der Waals surface area contributed by atoms with Gasteiger partial charge in [0.15, 0.2) is 0 Å². The van der Waals surface area contributed by atoms with Crippen LogP contribution in [0.25, 0.3) is 0 Å². The molecule has 4 rings (SSSR count). The average molecular weight is 433 g/mol. The van der Waals surface area contributed by atoms with E-state index >= 15 is 0 Å². The van der Waals surface area contributed by atoms with Crippen molar-refractivity contribution < 1.29 is 9.59 Å². The highest BCUT2D eigenvalue weighted by atomic mass is 32.1. The van der Waals surface area contributed by atoms with Crippen molar-refractivity contribution in [1.82, 2.24) is 4.90 Å². The number of nitrogens with zero attached hydrogens (tertiary/aromatic N) is 1. The molecule has 2 heterocycles. The first-order valence-corrected chi connectivity index (χ1v) is 11.6. The van der Waals surface area contributed by atoms with E-state index in [1.807, 2.05) is 72.7 Å². The summed E-state index contributed by atoms with van der Waals surface area (Å²) in [4.78, 5) is 30.1. The van der Waals surface area contributed by atoms with Crippen molar-refractivity contribution in [2.45, 2.75) is 39.7 Å². The van der Waals surface area contributed by atoms with Gasteiger partial charge < -0.3 is 10.2 Å². The minimum atomic E-state index is -0.480. The molecule has 1 N–H and O–H groups in total. The topological polar surface area (TPSA) is 49.4 Å². The number of hydrogen-bond donors (Lipinski definition) is 1. The van der Waals surface area contributed by atoms with Crippen LogP contribution < -0.4 is 5.32 Å². The number of fused-ring (bicyclic) bond motifs is 1. The number of carbonyl (C=O) groups excluding carboxylic acids is 2. The van der Waals surface area contributed by atoms with Crippen LogP contribution in [0, 0.1) is 19.8 Å². The normalized spacial score (nSPS) is 18.2. The minimum Gasteiger partial charge on any atom is -0.329 e. The molecule has 0 bridgehead atoms. The van der Waals surface area contributed by atoms with E-state index in [-0.39, 0.29) is 17.9 Å². The largest absolute Gasteiger partial charge is 0.329 e.